The normalized spacial score (nSPS) is 18.6. The molecule has 1 atom stereocenters. The molecule has 0 radical (unpaired) electrons. The summed E-state index contributed by atoms with van der Waals surface area (Å²) >= 11 is 7.97. The number of thioether (sulfide) groups is 1. The number of halogens is 1. The maximum absolute atomic E-state index is 6.21. The number of nitrogens with one attached hydrogen (secondary N) is 1. The molecule has 1 aromatic carbocycles. The summed E-state index contributed by atoms with van der Waals surface area (Å²) in [5, 5.41) is 6.04. The van der Waals surface area contributed by atoms with Crippen molar-refractivity contribution in [2.24, 2.45) is 10.9 Å². The van der Waals surface area contributed by atoms with Crippen molar-refractivity contribution in [2.45, 2.75) is 19.9 Å². The average Bonchev–Trinajstić information content (AvgIpc) is 2.91. The van der Waals surface area contributed by atoms with E-state index in [0.717, 1.165) is 32.5 Å². The molecule has 0 saturated heterocycles. The number of benzene rings is 1. The SMILES string of the molecule is CC(C)[C@H]1CSC(Nc2ccc(Cl)c3cccnc23)=N1. The number of amidine groups is 1. The lowest BCUT2D eigenvalue weighted by Crippen LogP contribution is -2.12. The number of aromatic nitrogens is 1. The van der Waals surface area contributed by atoms with Crippen LogP contribution in [0.3, 0.4) is 0 Å². The Bertz CT molecular complexity index is 669. The van der Waals surface area contributed by atoms with E-state index in [4.69, 9.17) is 16.6 Å². The van der Waals surface area contributed by atoms with Crippen LogP contribution in [0, 0.1) is 5.92 Å². The minimum atomic E-state index is 0.397. The Labute approximate surface area is 127 Å². The van der Waals surface area contributed by atoms with Crippen LogP contribution in [-0.2, 0) is 0 Å². The Kier molecular flexibility index (Phi) is 3.85. The zero-order valence-corrected chi connectivity index (χ0v) is 13.0. The summed E-state index contributed by atoms with van der Waals surface area (Å²) in [5.74, 6) is 1.61. The van der Waals surface area contributed by atoms with Gasteiger partial charge < -0.3 is 5.32 Å². The topological polar surface area (TPSA) is 37.3 Å². The van der Waals surface area contributed by atoms with Crippen LogP contribution in [0.1, 0.15) is 13.8 Å². The lowest BCUT2D eigenvalue weighted by atomic mass is 10.1. The third kappa shape index (κ3) is 2.63. The first kappa shape index (κ1) is 13.7. The van der Waals surface area contributed by atoms with E-state index in [-0.39, 0.29) is 0 Å². The van der Waals surface area contributed by atoms with Crippen molar-refractivity contribution >= 4 is 45.1 Å². The van der Waals surface area contributed by atoms with Crippen LogP contribution in [-0.4, -0.2) is 21.9 Å². The molecule has 5 heteroatoms. The molecule has 3 nitrogen and oxygen atoms in total. The fourth-order valence-corrected chi connectivity index (χ4v) is 3.55. The van der Waals surface area contributed by atoms with Gasteiger partial charge in [-0.05, 0) is 30.2 Å². The number of pyridine rings is 1. The Morgan fingerprint density at radius 3 is 2.95 bits per heavy atom. The quantitative estimate of drug-likeness (QED) is 0.892. The van der Waals surface area contributed by atoms with E-state index in [1.165, 1.54) is 0 Å². The number of hydrogen-bond acceptors (Lipinski definition) is 4. The minimum absolute atomic E-state index is 0.397. The average molecular weight is 306 g/mol. The summed E-state index contributed by atoms with van der Waals surface area (Å²) in [5.41, 5.74) is 1.84. The van der Waals surface area contributed by atoms with Crippen molar-refractivity contribution in [1.82, 2.24) is 4.98 Å². The van der Waals surface area contributed by atoms with E-state index in [2.05, 4.69) is 24.1 Å². The molecule has 0 fully saturated rings. The van der Waals surface area contributed by atoms with Gasteiger partial charge in [0.15, 0.2) is 5.17 Å². The van der Waals surface area contributed by atoms with Crippen molar-refractivity contribution in [2.75, 3.05) is 11.1 Å². The van der Waals surface area contributed by atoms with Gasteiger partial charge in [0.05, 0.1) is 22.3 Å². The van der Waals surface area contributed by atoms with Gasteiger partial charge in [-0.15, -0.1) is 0 Å². The Morgan fingerprint density at radius 2 is 2.20 bits per heavy atom. The summed E-state index contributed by atoms with van der Waals surface area (Å²) in [7, 11) is 0. The van der Waals surface area contributed by atoms with Crippen LogP contribution in [0.15, 0.2) is 35.5 Å². The van der Waals surface area contributed by atoms with Gasteiger partial charge in [0, 0.05) is 17.3 Å². The lowest BCUT2D eigenvalue weighted by Gasteiger charge is -2.09. The van der Waals surface area contributed by atoms with Crippen molar-refractivity contribution in [3.8, 4) is 0 Å². The molecule has 0 aliphatic carbocycles. The molecule has 2 heterocycles. The summed E-state index contributed by atoms with van der Waals surface area (Å²) in [6.07, 6.45) is 1.78. The molecular weight excluding hydrogens is 290 g/mol. The van der Waals surface area contributed by atoms with Gasteiger partial charge in [0.1, 0.15) is 0 Å². The number of fused-ring (bicyclic) bond motifs is 1. The van der Waals surface area contributed by atoms with Gasteiger partial charge >= 0.3 is 0 Å². The number of rotatable bonds is 2. The molecule has 104 valence electrons. The van der Waals surface area contributed by atoms with Gasteiger partial charge in [0.2, 0.25) is 0 Å². The number of hydrogen-bond donors (Lipinski definition) is 1. The van der Waals surface area contributed by atoms with Crippen LogP contribution in [0.2, 0.25) is 5.02 Å². The number of anilines is 1. The van der Waals surface area contributed by atoms with Crippen LogP contribution >= 0.6 is 23.4 Å². The smallest absolute Gasteiger partial charge is 0.161 e. The van der Waals surface area contributed by atoms with E-state index < -0.39 is 0 Å². The molecule has 20 heavy (non-hydrogen) atoms. The monoisotopic (exact) mass is 305 g/mol. The number of nitrogens with zero attached hydrogens (tertiary/aromatic N) is 2. The summed E-state index contributed by atoms with van der Waals surface area (Å²) in [6, 6.07) is 8.14. The molecular formula is C15H16ClN3S. The molecule has 0 unspecified atom stereocenters. The van der Waals surface area contributed by atoms with Crippen molar-refractivity contribution in [3.05, 3.63) is 35.5 Å². The standard InChI is InChI=1S/C15H16ClN3S/c1-9(2)13-8-20-15(19-13)18-12-6-5-11(16)10-4-3-7-17-14(10)12/h3-7,9,13H,8H2,1-2H3,(H,18,19)/t13-/m1/s1. The third-order valence-corrected chi connectivity index (χ3v) is 4.72. The van der Waals surface area contributed by atoms with Crippen molar-refractivity contribution < 1.29 is 0 Å². The molecule has 1 aliphatic heterocycles. The molecule has 0 saturated carbocycles. The maximum atomic E-state index is 6.21. The first-order valence-corrected chi connectivity index (χ1v) is 8.02. The molecule has 1 aliphatic rings. The predicted molar refractivity (Wildman–Crippen MR) is 88.9 cm³/mol. The molecule has 3 rings (SSSR count). The second kappa shape index (κ2) is 5.62. The molecule has 1 aromatic heterocycles. The maximum Gasteiger partial charge on any atom is 0.161 e. The highest BCUT2D eigenvalue weighted by atomic mass is 35.5. The fraction of sp³-hybridized carbons (Fsp3) is 0.333. The fourth-order valence-electron chi connectivity index (χ4n) is 2.15. The van der Waals surface area contributed by atoms with Crippen LogP contribution in [0.5, 0.6) is 0 Å². The van der Waals surface area contributed by atoms with Crippen molar-refractivity contribution in [3.63, 3.8) is 0 Å². The minimum Gasteiger partial charge on any atom is -0.333 e. The first-order chi connectivity index (χ1) is 9.65. The summed E-state index contributed by atoms with van der Waals surface area (Å²) < 4.78 is 0. The Morgan fingerprint density at radius 1 is 1.35 bits per heavy atom. The largest absolute Gasteiger partial charge is 0.333 e. The van der Waals surface area contributed by atoms with Crippen molar-refractivity contribution in [1.29, 1.82) is 0 Å². The summed E-state index contributed by atoms with van der Waals surface area (Å²) in [6.45, 7) is 4.41. The van der Waals surface area contributed by atoms with Gasteiger partial charge in [-0.1, -0.05) is 37.2 Å². The summed E-state index contributed by atoms with van der Waals surface area (Å²) in [4.78, 5) is 9.15. The second-order valence-corrected chi connectivity index (χ2v) is 6.59. The number of aliphatic imine (C=N–C) groups is 1. The van der Waals surface area contributed by atoms with E-state index in [0.29, 0.717) is 12.0 Å². The molecule has 0 bridgehead atoms. The highest BCUT2D eigenvalue weighted by Crippen LogP contribution is 2.30. The van der Waals surface area contributed by atoms with Crippen LogP contribution in [0.4, 0.5) is 5.69 Å². The third-order valence-electron chi connectivity index (χ3n) is 3.40. The Balaban J connectivity index is 1.93. The molecule has 1 N–H and O–H groups in total. The van der Waals surface area contributed by atoms with E-state index in [1.54, 1.807) is 18.0 Å². The lowest BCUT2D eigenvalue weighted by molar-refractivity contribution is 0.543. The van der Waals surface area contributed by atoms with E-state index in [1.807, 2.05) is 24.3 Å². The molecule has 2 aromatic rings. The van der Waals surface area contributed by atoms with Crippen LogP contribution in [0.25, 0.3) is 10.9 Å². The molecule has 0 amide bonds. The highest BCUT2D eigenvalue weighted by molar-refractivity contribution is 8.14. The zero-order chi connectivity index (χ0) is 14.1. The van der Waals surface area contributed by atoms with E-state index >= 15 is 0 Å². The molecule has 0 spiro atoms. The van der Waals surface area contributed by atoms with Gasteiger partial charge in [-0.3, -0.25) is 9.98 Å². The van der Waals surface area contributed by atoms with Gasteiger partial charge in [-0.2, -0.15) is 0 Å². The van der Waals surface area contributed by atoms with Gasteiger partial charge in [0.25, 0.3) is 0 Å². The van der Waals surface area contributed by atoms with Gasteiger partial charge in [-0.25, -0.2) is 0 Å². The van der Waals surface area contributed by atoms with Crippen LogP contribution < -0.4 is 5.32 Å². The highest BCUT2D eigenvalue weighted by Gasteiger charge is 2.21. The predicted octanol–water partition coefficient (Wildman–Crippen LogP) is 4.43. The van der Waals surface area contributed by atoms with E-state index in [9.17, 15) is 0 Å². The Hall–Kier alpha value is -1.26. The first-order valence-electron chi connectivity index (χ1n) is 6.66. The second-order valence-electron chi connectivity index (χ2n) is 5.18. The zero-order valence-electron chi connectivity index (χ0n) is 11.4.